The number of hydrogen-bond acceptors (Lipinski definition) is 4. The molecule has 1 heterocycles. The Morgan fingerprint density at radius 2 is 2.00 bits per heavy atom. The molecule has 0 amide bonds. The first-order valence-electron chi connectivity index (χ1n) is 5.59. The number of aromatic hydroxyl groups is 1. The summed E-state index contributed by atoms with van der Waals surface area (Å²) in [5.41, 5.74) is 0.465. The third kappa shape index (κ3) is 2.66. The molecule has 20 heavy (non-hydrogen) atoms. The number of carbonyl (C=O) groups excluding carboxylic acids is 1. The first-order valence-corrected chi connectivity index (χ1v) is 5.59. The monoisotopic (exact) mass is 285 g/mol. The van der Waals surface area contributed by atoms with Crippen molar-refractivity contribution >= 4 is 16.7 Å². The number of benzene rings is 1. The molecule has 0 fully saturated rings. The van der Waals surface area contributed by atoms with Crippen LogP contribution < -0.4 is 4.74 Å². The predicted octanol–water partition coefficient (Wildman–Crippen LogP) is 3.35. The Balaban J connectivity index is 2.69. The van der Waals surface area contributed by atoms with Gasteiger partial charge in [-0.3, -0.25) is 4.79 Å². The van der Waals surface area contributed by atoms with Gasteiger partial charge in [0.1, 0.15) is 11.5 Å². The van der Waals surface area contributed by atoms with Crippen LogP contribution in [0.2, 0.25) is 0 Å². The maximum Gasteiger partial charge on any atom is 0.573 e. The lowest BCUT2D eigenvalue weighted by atomic mass is 10.0. The largest absolute Gasteiger partial charge is 0.573 e. The second-order valence-corrected chi connectivity index (χ2v) is 4.20. The zero-order valence-electron chi connectivity index (χ0n) is 10.6. The second kappa shape index (κ2) is 4.66. The average molecular weight is 285 g/mol. The zero-order valence-corrected chi connectivity index (χ0v) is 10.6. The minimum atomic E-state index is -4.83. The number of alkyl halides is 3. The molecule has 0 saturated heterocycles. The Labute approximate surface area is 111 Å². The van der Waals surface area contributed by atoms with E-state index in [-0.39, 0.29) is 22.4 Å². The van der Waals surface area contributed by atoms with Gasteiger partial charge in [-0.05, 0) is 32.0 Å². The quantitative estimate of drug-likeness (QED) is 0.860. The van der Waals surface area contributed by atoms with E-state index in [0.717, 1.165) is 12.1 Å². The molecule has 1 aromatic heterocycles. The van der Waals surface area contributed by atoms with Gasteiger partial charge in [0, 0.05) is 5.39 Å². The lowest BCUT2D eigenvalue weighted by Gasteiger charge is -2.12. The summed E-state index contributed by atoms with van der Waals surface area (Å²) < 4.78 is 40.4. The molecule has 0 aliphatic carbocycles. The van der Waals surface area contributed by atoms with Crippen molar-refractivity contribution in [3.05, 3.63) is 29.5 Å². The van der Waals surface area contributed by atoms with Crippen LogP contribution in [0.3, 0.4) is 0 Å². The number of nitrogens with zero attached hydrogens (tertiary/aromatic N) is 1. The van der Waals surface area contributed by atoms with E-state index in [1.807, 2.05) is 0 Å². The minimum absolute atomic E-state index is 0.0693. The highest BCUT2D eigenvalue weighted by atomic mass is 19.4. The van der Waals surface area contributed by atoms with Crippen molar-refractivity contribution in [2.75, 3.05) is 0 Å². The fraction of sp³-hybridized carbons (Fsp3) is 0.231. The summed E-state index contributed by atoms with van der Waals surface area (Å²) in [5, 5.41) is 9.96. The van der Waals surface area contributed by atoms with Crippen molar-refractivity contribution in [3.8, 4) is 11.5 Å². The summed E-state index contributed by atoms with van der Waals surface area (Å²) >= 11 is 0. The van der Waals surface area contributed by atoms with Gasteiger partial charge < -0.3 is 9.84 Å². The molecule has 0 saturated carbocycles. The lowest BCUT2D eigenvalue weighted by molar-refractivity contribution is -0.274. The number of ketones is 1. The molecule has 4 nitrogen and oxygen atoms in total. The van der Waals surface area contributed by atoms with Gasteiger partial charge in [0.05, 0.1) is 16.8 Å². The molecule has 2 aromatic rings. The summed E-state index contributed by atoms with van der Waals surface area (Å²) in [6, 6.07) is 3.43. The van der Waals surface area contributed by atoms with Gasteiger partial charge in [0.25, 0.3) is 0 Å². The summed E-state index contributed by atoms with van der Waals surface area (Å²) in [6.07, 6.45) is -4.83. The van der Waals surface area contributed by atoms with Crippen LogP contribution in [0.4, 0.5) is 13.2 Å². The molecule has 0 radical (unpaired) electrons. The highest BCUT2D eigenvalue weighted by Crippen LogP contribution is 2.32. The maximum atomic E-state index is 12.2. The number of ether oxygens (including phenoxy) is 1. The molecule has 0 atom stereocenters. The van der Waals surface area contributed by atoms with Crippen LogP contribution in [0, 0.1) is 6.92 Å². The first-order chi connectivity index (χ1) is 9.19. The molecule has 1 N–H and O–H groups in total. The van der Waals surface area contributed by atoms with Gasteiger partial charge in [-0.15, -0.1) is 13.2 Å². The predicted molar refractivity (Wildman–Crippen MR) is 64.8 cm³/mol. The van der Waals surface area contributed by atoms with E-state index >= 15 is 0 Å². The smallest absolute Gasteiger partial charge is 0.505 e. The summed E-state index contributed by atoms with van der Waals surface area (Å²) in [5.74, 6) is -1.28. The van der Waals surface area contributed by atoms with E-state index in [9.17, 15) is 23.1 Å². The lowest BCUT2D eigenvalue weighted by Crippen LogP contribution is -2.17. The minimum Gasteiger partial charge on any atom is -0.505 e. The molecule has 2 rings (SSSR count). The van der Waals surface area contributed by atoms with E-state index in [0.29, 0.717) is 5.52 Å². The zero-order chi connectivity index (χ0) is 15.1. The normalized spacial score (nSPS) is 11.7. The van der Waals surface area contributed by atoms with Crippen LogP contribution in [-0.2, 0) is 0 Å². The highest BCUT2D eigenvalue weighted by Gasteiger charge is 2.31. The molecular formula is C13H10F3NO3. The Morgan fingerprint density at radius 3 is 2.55 bits per heavy atom. The molecular weight excluding hydrogens is 275 g/mol. The number of aryl methyl sites for hydroxylation is 1. The molecule has 7 heteroatoms. The van der Waals surface area contributed by atoms with Crippen LogP contribution in [0.25, 0.3) is 10.9 Å². The van der Waals surface area contributed by atoms with Gasteiger partial charge in [-0.2, -0.15) is 0 Å². The second-order valence-electron chi connectivity index (χ2n) is 4.20. The van der Waals surface area contributed by atoms with E-state index in [4.69, 9.17) is 0 Å². The Bertz CT molecular complexity index is 695. The third-order valence-corrected chi connectivity index (χ3v) is 2.69. The molecule has 0 aliphatic rings. The van der Waals surface area contributed by atoms with Gasteiger partial charge in [-0.1, -0.05) is 0 Å². The van der Waals surface area contributed by atoms with Gasteiger partial charge >= 0.3 is 6.36 Å². The first kappa shape index (κ1) is 14.1. The van der Waals surface area contributed by atoms with Crippen molar-refractivity contribution in [2.45, 2.75) is 20.2 Å². The SMILES string of the molecule is CC(=O)c1c(O)c(C)nc2ccc(OC(F)(F)F)cc12. The number of halogens is 3. The summed E-state index contributed by atoms with van der Waals surface area (Å²) in [7, 11) is 0. The molecule has 0 unspecified atom stereocenters. The molecule has 1 aromatic carbocycles. The summed E-state index contributed by atoms with van der Waals surface area (Å²) in [6.45, 7) is 2.71. The number of Topliss-reactive ketones (excluding diaryl/α,β-unsaturated/α-hetero) is 1. The van der Waals surface area contributed by atoms with Crippen molar-refractivity contribution in [1.29, 1.82) is 0 Å². The summed E-state index contributed by atoms with van der Waals surface area (Å²) in [4.78, 5) is 15.6. The maximum absolute atomic E-state index is 12.2. The molecule has 0 aliphatic heterocycles. The van der Waals surface area contributed by atoms with Crippen LogP contribution in [0.1, 0.15) is 23.0 Å². The van der Waals surface area contributed by atoms with E-state index < -0.39 is 17.9 Å². The number of aromatic nitrogens is 1. The fourth-order valence-electron chi connectivity index (χ4n) is 1.91. The Hall–Kier alpha value is -2.31. The topological polar surface area (TPSA) is 59.4 Å². The molecule has 106 valence electrons. The van der Waals surface area contributed by atoms with Crippen LogP contribution in [0.5, 0.6) is 11.5 Å². The van der Waals surface area contributed by atoms with Gasteiger partial charge in [0.15, 0.2) is 5.78 Å². The van der Waals surface area contributed by atoms with Gasteiger partial charge in [-0.25, -0.2) is 4.98 Å². The molecule has 0 bridgehead atoms. The van der Waals surface area contributed by atoms with Crippen LogP contribution >= 0.6 is 0 Å². The highest BCUT2D eigenvalue weighted by molar-refractivity contribution is 6.09. The Kier molecular flexibility index (Phi) is 3.29. The number of fused-ring (bicyclic) bond motifs is 1. The van der Waals surface area contributed by atoms with Crippen LogP contribution in [-0.4, -0.2) is 22.2 Å². The number of pyridine rings is 1. The van der Waals surface area contributed by atoms with E-state index in [2.05, 4.69) is 9.72 Å². The number of hydrogen-bond donors (Lipinski definition) is 1. The van der Waals surface area contributed by atoms with Crippen LogP contribution in [0.15, 0.2) is 18.2 Å². The average Bonchev–Trinajstić information content (AvgIpc) is 2.28. The number of carbonyl (C=O) groups is 1. The van der Waals surface area contributed by atoms with E-state index in [1.54, 1.807) is 0 Å². The standard InChI is InChI=1S/C13H10F3NO3/c1-6-12(19)11(7(2)18)9-5-8(20-13(14,15)16)3-4-10(9)17-6/h3-5,19H,1-2H3. The van der Waals surface area contributed by atoms with Crippen molar-refractivity contribution < 1.29 is 27.8 Å². The Morgan fingerprint density at radius 1 is 1.35 bits per heavy atom. The number of rotatable bonds is 2. The fourth-order valence-corrected chi connectivity index (χ4v) is 1.91. The van der Waals surface area contributed by atoms with Crippen molar-refractivity contribution in [2.24, 2.45) is 0 Å². The van der Waals surface area contributed by atoms with Crippen molar-refractivity contribution in [1.82, 2.24) is 4.98 Å². The van der Waals surface area contributed by atoms with Gasteiger partial charge in [0.2, 0.25) is 0 Å². The third-order valence-electron chi connectivity index (χ3n) is 2.69. The van der Waals surface area contributed by atoms with Crippen molar-refractivity contribution in [3.63, 3.8) is 0 Å². The van der Waals surface area contributed by atoms with E-state index in [1.165, 1.54) is 19.9 Å². The molecule has 0 spiro atoms.